The molecule has 8 heteroatoms. The number of benzene rings is 1. The van der Waals surface area contributed by atoms with E-state index >= 15 is 0 Å². The third-order valence-corrected chi connectivity index (χ3v) is 2.45. The molecule has 0 saturated heterocycles. The summed E-state index contributed by atoms with van der Waals surface area (Å²) in [6.07, 6.45) is 0. The molecule has 114 valence electrons. The van der Waals surface area contributed by atoms with Crippen molar-refractivity contribution in [1.82, 2.24) is 5.32 Å². The quantitative estimate of drug-likeness (QED) is 0.480. The number of halogens is 5. The number of hydrogen-bond donors (Lipinski definition) is 2. The smallest absolute Gasteiger partial charge is 0.206 e. The molecule has 0 amide bonds. The van der Waals surface area contributed by atoms with Gasteiger partial charge >= 0.3 is 0 Å². The molecule has 0 fully saturated rings. The topological polar surface area (TPSA) is 41.5 Å². The summed E-state index contributed by atoms with van der Waals surface area (Å²) in [5.41, 5.74) is -1.53. The Labute approximate surface area is 112 Å². The third kappa shape index (κ3) is 3.57. The van der Waals surface area contributed by atoms with Crippen LogP contribution in [0.4, 0.5) is 22.0 Å². The molecule has 3 nitrogen and oxygen atoms in total. The average molecular weight is 299 g/mol. The third-order valence-electron chi connectivity index (χ3n) is 2.45. The largest absolute Gasteiger partial charge is 0.484 e. The summed E-state index contributed by atoms with van der Waals surface area (Å²) in [6.45, 7) is 2.97. The Balaban J connectivity index is 2.94. The van der Waals surface area contributed by atoms with Crippen molar-refractivity contribution < 1.29 is 31.8 Å². The van der Waals surface area contributed by atoms with Crippen LogP contribution in [0.3, 0.4) is 0 Å². The number of rotatable bonds is 6. The van der Waals surface area contributed by atoms with Gasteiger partial charge in [-0.15, -0.1) is 0 Å². The van der Waals surface area contributed by atoms with Crippen LogP contribution in [0.25, 0.3) is 0 Å². The first-order valence-corrected chi connectivity index (χ1v) is 5.78. The molecule has 0 aromatic heterocycles. The Bertz CT molecular complexity index is 464. The molecule has 0 bridgehead atoms. The molecular weight excluding hydrogens is 285 g/mol. The Morgan fingerprint density at radius 2 is 1.45 bits per heavy atom. The second kappa shape index (κ2) is 6.36. The van der Waals surface area contributed by atoms with Crippen molar-refractivity contribution in [3.63, 3.8) is 0 Å². The highest BCUT2D eigenvalue weighted by atomic mass is 19.2. The fourth-order valence-corrected chi connectivity index (χ4v) is 1.38. The van der Waals surface area contributed by atoms with Crippen LogP contribution in [0.15, 0.2) is 0 Å². The molecule has 1 aromatic carbocycles. The maximum absolute atomic E-state index is 13.3. The lowest BCUT2D eigenvalue weighted by atomic mass is 10.1. The van der Waals surface area contributed by atoms with Crippen LogP contribution < -0.4 is 10.1 Å². The van der Waals surface area contributed by atoms with E-state index in [1.54, 1.807) is 6.92 Å². The lowest BCUT2D eigenvalue weighted by Crippen LogP contribution is -2.43. The van der Waals surface area contributed by atoms with E-state index in [-0.39, 0.29) is 6.54 Å². The van der Waals surface area contributed by atoms with Crippen LogP contribution in [-0.2, 0) is 0 Å². The molecule has 1 atom stereocenters. The maximum Gasteiger partial charge on any atom is 0.206 e. The molecule has 1 aromatic rings. The van der Waals surface area contributed by atoms with E-state index in [1.807, 2.05) is 0 Å². The average Bonchev–Trinajstić information content (AvgIpc) is 2.40. The zero-order chi connectivity index (χ0) is 15.5. The SMILES string of the molecule is CCNCC(C)(O)COc1c(F)c(F)c(F)c(F)c1F. The molecule has 0 heterocycles. The first-order valence-electron chi connectivity index (χ1n) is 5.78. The van der Waals surface area contributed by atoms with Crippen molar-refractivity contribution in [3.05, 3.63) is 29.1 Å². The molecule has 1 rings (SSSR count). The van der Waals surface area contributed by atoms with E-state index in [0.717, 1.165) is 0 Å². The molecule has 0 saturated carbocycles. The summed E-state index contributed by atoms with van der Waals surface area (Å²) in [7, 11) is 0. The summed E-state index contributed by atoms with van der Waals surface area (Å²) in [6, 6.07) is 0. The van der Waals surface area contributed by atoms with Gasteiger partial charge in [0.15, 0.2) is 5.75 Å². The van der Waals surface area contributed by atoms with Crippen LogP contribution in [0.1, 0.15) is 13.8 Å². The maximum atomic E-state index is 13.3. The monoisotopic (exact) mass is 299 g/mol. The zero-order valence-corrected chi connectivity index (χ0v) is 10.9. The van der Waals surface area contributed by atoms with Crippen molar-refractivity contribution in [3.8, 4) is 5.75 Å². The number of nitrogens with one attached hydrogen (secondary N) is 1. The summed E-state index contributed by atoms with van der Waals surface area (Å²) in [4.78, 5) is 0. The Hall–Kier alpha value is -1.41. The first kappa shape index (κ1) is 16.6. The molecule has 0 aliphatic rings. The van der Waals surface area contributed by atoms with Gasteiger partial charge < -0.3 is 15.2 Å². The van der Waals surface area contributed by atoms with E-state index < -0.39 is 47.0 Å². The van der Waals surface area contributed by atoms with Gasteiger partial charge in [-0.1, -0.05) is 6.92 Å². The highest BCUT2D eigenvalue weighted by Gasteiger charge is 2.29. The normalized spacial score (nSPS) is 14.2. The number of ether oxygens (including phenoxy) is 1. The second-order valence-corrected chi connectivity index (χ2v) is 4.46. The van der Waals surface area contributed by atoms with Crippen LogP contribution in [-0.4, -0.2) is 30.4 Å². The summed E-state index contributed by atoms with van der Waals surface area (Å²) < 4.78 is 69.7. The van der Waals surface area contributed by atoms with Gasteiger partial charge in [-0.25, -0.2) is 13.2 Å². The second-order valence-electron chi connectivity index (χ2n) is 4.46. The summed E-state index contributed by atoms with van der Waals surface area (Å²) >= 11 is 0. The Morgan fingerprint density at radius 1 is 1.00 bits per heavy atom. The van der Waals surface area contributed by atoms with E-state index in [1.165, 1.54) is 6.92 Å². The Kier molecular flexibility index (Phi) is 5.29. The summed E-state index contributed by atoms with van der Waals surface area (Å²) in [5, 5.41) is 12.5. The molecule has 0 aliphatic heterocycles. The van der Waals surface area contributed by atoms with Crippen molar-refractivity contribution in [1.29, 1.82) is 0 Å². The van der Waals surface area contributed by atoms with Crippen LogP contribution in [0.5, 0.6) is 5.75 Å². The van der Waals surface area contributed by atoms with Gasteiger partial charge in [-0.2, -0.15) is 8.78 Å². The minimum atomic E-state index is -2.26. The van der Waals surface area contributed by atoms with Gasteiger partial charge in [0.1, 0.15) is 12.2 Å². The van der Waals surface area contributed by atoms with Crippen LogP contribution >= 0.6 is 0 Å². The predicted octanol–water partition coefficient (Wildman–Crippen LogP) is 2.12. The van der Waals surface area contributed by atoms with Gasteiger partial charge in [0.25, 0.3) is 0 Å². The standard InChI is InChI=1S/C12H14F5NO2/c1-3-18-4-12(2,19)5-20-11-9(16)7(14)6(13)8(15)10(11)17/h18-19H,3-5H2,1-2H3. The first-order chi connectivity index (χ1) is 9.21. The van der Waals surface area contributed by atoms with Crippen molar-refractivity contribution >= 4 is 0 Å². The number of likely N-dealkylation sites (N-methyl/N-ethyl adjacent to an activating group) is 1. The van der Waals surface area contributed by atoms with Gasteiger partial charge in [0.2, 0.25) is 29.1 Å². The van der Waals surface area contributed by atoms with Crippen molar-refractivity contribution in [2.45, 2.75) is 19.4 Å². The number of hydrogen-bond acceptors (Lipinski definition) is 3. The van der Waals surface area contributed by atoms with Crippen LogP contribution in [0, 0.1) is 29.1 Å². The Morgan fingerprint density at radius 3 is 1.90 bits per heavy atom. The predicted molar refractivity (Wildman–Crippen MR) is 60.9 cm³/mol. The van der Waals surface area contributed by atoms with E-state index in [0.29, 0.717) is 6.54 Å². The minimum Gasteiger partial charge on any atom is -0.484 e. The van der Waals surface area contributed by atoms with E-state index in [9.17, 15) is 27.1 Å². The fraction of sp³-hybridized carbons (Fsp3) is 0.500. The molecule has 20 heavy (non-hydrogen) atoms. The molecule has 1 unspecified atom stereocenters. The molecule has 0 spiro atoms. The lowest BCUT2D eigenvalue weighted by molar-refractivity contribution is 0.00967. The van der Waals surface area contributed by atoms with Gasteiger partial charge in [0.05, 0.1) is 0 Å². The zero-order valence-electron chi connectivity index (χ0n) is 10.9. The van der Waals surface area contributed by atoms with Crippen molar-refractivity contribution in [2.24, 2.45) is 0 Å². The fourth-order valence-electron chi connectivity index (χ4n) is 1.38. The van der Waals surface area contributed by atoms with E-state index in [2.05, 4.69) is 10.1 Å². The molecule has 0 aliphatic carbocycles. The van der Waals surface area contributed by atoms with E-state index in [4.69, 9.17) is 0 Å². The molecular formula is C12H14F5NO2. The summed E-state index contributed by atoms with van der Waals surface area (Å²) in [5.74, 6) is -12.0. The van der Waals surface area contributed by atoms with Gasteiger partial charge in [0, 0.05) is 6.54 Å². The highest BCUT2D eigenvalue weighted by molar-refractivity contribution is 5.29. The minimum absolute atomic E-state index is 0.0267. The number of aliphatic hydroxyl groups is 1. The van der Waals surface area contributed by atoms with Gasteiger partial charge in [-0.05, 0) is 13.5 Å². The lowest BCUT2D eigenvalue weighted by Gasteiger charge is -2.24. The van der Waals surface area contributed by atoms with Gasteiger partial charge in [-0.3, -0.25) is 0 Å². The van der Waals surface area contributed by atoms with Crippen LogP contribution in [0.2, 0.25) is 0 Å². The van der Waals surface area contributed by atoms with Crippen molar-refractivity contribution in [2.75, 3.05) is 19.7 Å². The molecule has 2 N–H and O–H groups in total. The molecule has 0 radical (unpaired) electrons. The highest BCUT2D eigenvalue weighted by Crippen LogP contribution is 2.29.